The van der Waals surface area contributed by atoms with Crippen molar-refractivity contribution in [3.05, 3.63) is 99.7 Å². The van der Waals surface area contributed by atoms with E-state index in [2.05, 4.69) is 5.32 Å². The van der Waals surface area contributed by atoms with E-state index in [1.54, 1.807) is 22.9 Å². The number of amides is 1. The first-order valence-corrected chi connectivity index (χ1v) is 13.8. The quantitative estimate of drug-likeness (QED) is 0.229. The molecule has 0 radical (unpaired) electrons. The lowest BCUT2D eigenvalue weighted by atomic mass is 9.97. The SMILES string of the molecule is COC(=O)C1(NC(=O)c2nn(-c3ccc(Cl)cc3Cl)c(-c3ccc(OCc4ccccc4)cc3)c2C)CCCC1. The van der Waals surface area contributed by atoms with Crippen LogP contribution < -0.4 is 10.1 Å². The average Bonchev–Trinajstić information content (AvgIpc) is 3.57. The van der Waals surface area contributed by atoms with E-state index in [-0.39, 0.29) is 5.69 Å². The molecule has 5 rings (SSSR count). The van der Waals surface area contributed by atoms with Crippen LogP contribution >= 0.6 is 23.2 Å². The first kappa shape index (κ1) is 27.7. The van der Waals surface area contributed by atoms with Crippen LogP contribution in [0.1, 0.15) is 47.3 Å². The molecule has 7 nitrogen and oxygen atoms in total. The Morgan fingerprint density at radius 1 is 1.00 bits per heavy atom. The molecule has 1 fully saturated rings. The summed E-state index contributed by atoms with van der Waals surface area (Å²) in [5.41, 5.74) is 2.91. The van der Waals surface area contributed by atoms with Gasteiger partial charge >= 0.3 is 5.97 Å². The molecule has 1 heterocycles. The third-order valence-electron chi connectivity index (χ3n) is 7.24. The van der Waals surface area contributed by atoms with Crippen molar-refractivity contribution in [2.24, 2.45) is 0 Å². The lowest BCUT2D eigenvalue weighted by Gasteiger charge is -2.26. The fourth-order valence-electron chi connectivity index (χ4n) is 5.16. The Kier molecular flexibility index (Phi) is 8.14. The number of halogens is 2. The molecule has 0 atom stereocenters. The van der Waals surface area contributed by atoms with Gasteiger partial charge in [0, 0.05) is 16.1 Å². The molecule has 0 unspecified atom stereocenters. The zero-order valence-electron chi connectivity index (χ0n) is 22.2. The van der Waals surface area contributed by atoms with E-state index in [0.717, 1.165) is 24.0 Å². The largest absolute Gasteiger partial charge is 0.489 e. The molecule has 4 aromatic rings. The Balaban J connectivity index is 1.51. The van der Waals surface area contributed by atoms with Gasteiger partial charge in [-0.15, -0.1) is 0 Å². The van der Waals surface area contributed by atoms with Crippen molar-refractivity contribution >= 4 is 35.1 Å². The number of ether oxygens (including phenoxy) is 2. The molecule has 1 N–H and O–H groups in total. The molecule has 40 heavy (non-hydrogen) atoms. The predicted molar refractivity (Wildman–Crippen MR) is 155 cm³/mol. The Morgan fingerprint density at radius 2 is 1.70 bits per heavy atom. The number of methoxy groups -OCH3 is 1. The second-order valence-corrected chi connectivity index (χ2v) is 10.7. The van der Waals surface area contributed by atoms with Gasteiger partial charge < -0.3 is 14.8 Å². The third-order valence-corrected chi connectivity index (χ3v) is 7.78. The van der Waals surface area contributed by atoms with Crippen LogP contribution in [-0.4, -0.2) is 34.3 Å². The van der Waals surface area contributed by atoms with Gasteiger partial charge in [-0.3, -0.25) is 4.79 Å². The summed E-state index contributed by atoms with van der Waals surface area (Å²) in [6.45, 7) is 2.28. The summed E-state index contributed by atoms with van der Waals surface area (Å²) in [6.07, 6.45) is 2.69. The summed E-state index contributed by atoms with van der Waals surface area (Å²) >= 11 is 12.7. The second kappa shape index (κ2) is 11.7. The Labute approximate surface area is 243 Å². The Bertz CT molecular complexity index is 1530. The molecular weight excluding hydrogens is 549 g/mol. The average molecular weight is 578 g/mol. The summed E-state index contributed by atoms with van der Waals surface area (Å²) in [4.78, 5) is 26.3. The molecule has 1 aliphatic carbocycles. The van der Waals surface area contributed by atoms with Crippen LogP contribution in [0.4, 0.5) is 0 Å². The number of aromatic nitrogens is 2. The number of carbonyl (C=O) groups excluding carboxylic acids is 2. The van der Waals surface area contributed by atoms with Gasteiger partial charge in [-0.1, -0.05) is 66.4 Å². The maximum atomic E-state index is 13.6. The standard InChI is InChI=1S/C31H29Cl2N3O4/c1-20-27(29(37)34-31(30(38)39-2)16-6-7-17-31)35-36(26-15-12-23(32)18-25(26)33)28(20)22-10-13-24(14-11-22)40-19-21-8-4-3-5-9-21/h3-5,8-15,18H,6-7,16-17,19H2,1-2H3,(H,34,37). The highest BCUT2D eigenvalue weighted by Gasteiger charge is 2.44. The highest BCUT2D eigenvalue weighted by molar-refractivity contribution is 6.35. The van der Waals surface area contributed by atoms with Gasteiger partial charge in [0.1, 0.15) is 17.9 Å². The van der Waals surface area contributed by atoms with E-state index < -0.39 is 17.4 Å². The number of nitrogens with one attached hydrogen (secondary N) is 1. The topological polar surface area (TPSA) is 82.5 Å². The molecule has 206 valence electrons. The van der Waals surface area contributed by atoms with E-state index in [4.69, 9.17) is 37.8 Å². The number of nitrogens with zero attached hydrogens (tertiary/aromatic N) is 2. The molecular formula is C31H29Cl2N3O4. The van der Waals surface area contributed by atoms with Crippen molar-refractivity contribution in [2.45, 2.75) is 44.8 Å². The minimum Gasteiger partial charge on any atom is -0.489 e. The second-order valence-electron chi connectivity index (χ2n) is 9.86. The van der Waals surface area contributed by atoms with E-state index in [0.29, 0.717) is 52.2 Å². The number of carbonyl (C=O) groups is 2. The first-order chi connectivity index (χ1) is 19.3. The van der Waals surface area contributed by atoms with Crippen molar-refractivity contribution < 1.29 is 19.1 Å². The monoisotopic (exact) mass is 577 g/mol. The van der Waals surface area contributed by atoms with Crippen molar-refractivity contribution in [2.75, 3.05) is 7.11 Å². The van der Waals surface area contributed by atoms with Crippen molar-refractivity contribution in [3.63, 3.8) is 0 Å². The van der Waals surface area contributed by atoms with Gasteiger partial charge in [0.15, 0.2) is 5.69 Å². The first-order valence-electron chi connectivity index (χ1n) is 13.0. The highest BCUT2D eigenvalue weighted by Crippen LogP contribution is 2.35. The predicted octanol–water partition coefficient (Wildman–Crippen LogP) is 6.95. The van der Waals surface area contributed by atoms with Crippen LogP contribution in [0.15, 0.2) is 72.8 Å². The lowest BCUT2D eigenvalue weighted by Crippen LogP contribution is -2.53. The minimum absolute atomic E-state index is 0.195. The number of hydrogen-bond donors (Lipinski definition) is 1. The summed E-state index contributed by atoms with van der Waals surface area (Å²) in [7, 11) is 1.34. The highest BCUT2D eigenvalue weighted by atomic mass is 35.5. The fourth-order valence-corrected chi connectivity index (χ4v) is 5.65. The van der Waals surface area contributed by atoms with E-state index >= 15 is 0 Å². The molecule has 0 spiro atoms. The fraction of sp³-hybridized carbons (Fsp3) is 0.258. The lowest BCUT2D eigenvalue weighted by molar-refractivity contribution is -0.148. The van der Waals surface area contributed by atoms with Crippen LogP contribution in [0.5, 0.6) is 5.75 Å². The molecule has 0 aliphatic heterocycles. The summed E-state index contributed by atoms with van der Waals surface area (Å²) < 4.78 is 12.6. The van der Waals surface area contributed by atoms with Crippen LogP contribution in [0, 0.1) is 6.92 Å². The Hall–Kier alpha value is -3.81. The molecule has 1 aromatic heterocycles. The van der Waals surface area contributed by atoms with Crippen LogP contribution in [0.3, 0.4) is 0 Å². The minimum atomic E-state index is -1.06. The maximum absolute atomic E-state index is 13.6. The molecule has 0 bridgehead atoms. The van der Waals surface area contributed by atoms with E-state index in [1.165, 1.54) is 7.11 Å². The molecule has 1 aliphatic rings. The van der Waals surface area contributed by atoms with Gasteiger partial charge in [-0.25, -0.2) is 9.48 Å². The number of rotatable bonds is 8. The smallest absolute Gasteiger partial charge is 0.331 e. The Morgan fingerprint density at radius 3 is 2.35 bits per heavy atom. The maximum Gasteiger partial charge on any atom is 0.331 e. The van der Waals surface area contributed by atoms with Gasteiger partial charge in [0.05, 0.1) is 23.5 Å². The molecule has 1 saturated carbocycles. The van der Waals surface area contributed by atoms with Gasteiger partial charge in [-0.05, 0) is 67.8 Å². The van der Waals surface area contributed by atoms with Gasteiger partial charge in [0.2, 0.25) is 0 Å². The van der Waals surface area contributed by atoms with Crippen molar-refractivity contribution in [3.8, 4) is 22.7 Å². The van der Waals surface area contributed by atoms with E-state index in [9.17, 15) is 9.59 Å². The zero-order chi connectivity index (χ0) is 28.3. The third kappa shape index (κ3) is 5.58. The number of benzene rings is 3. The number of esters is 1. The van der Waals surface area contributed by atoms with Gasteiger partial charge in [-0.2, -0.15) is 5.10 Å². The zero-order valence-corrected chi connectivity index (χ0v) is 23.8. The molecule has 3 aromatic carbocycles. The van der Waals surface area contributed by atoms with Crippen LogP contribution in [0.2, 0.25) is 10.0 Å². The summed E-state index contributed by atoms with van der Waals surface area (Å²) in [6, 6.07) is 22.6. The normalized spacial score (nSPS) is 14.1. The molecule has 9 heteroatoms. The van der Waals surface area contributed by atoms with Crippen LogP contribution in [0.25, 0.3) is 16.9 Å². The van der Waals surface area contributed by atoms with E-state index in [1.807, 2.05) is 61.5 Å². The van der Waals surface area contributed by atoms with Crippen molar-refractivity contribution in [1.29, 1.82) is 0 Å². The van der Waals surface area contributed by atoms with Crippen molar-refractivity contribution in [1.82, 2.24) is 15.1 Å². The summed E-state index contributed by atoms with van der Waals surface area (Å²) in [5, 5.41) is 8.51. The number of hydrogen-bond acceptors (Lipinski definition) is 5. The summed E-state index contributed by atoms with van der Waals surface area (Å²) in [5.74, 6) is -0.180. The van der Waals surface area contributed by atoms with Gasteiger partial charge in [0.25, 0.3) is 5.91 Å². The van der Waals surface area contributed by atoms with Crippen LogP contribution in [-0.2, 0) is 16.1 Å². The molecule has 0 saturated heterocycles. The molecule has 1 amide bonds.